The first-order valence-electron chi connectivity index (χ1n) is 7.32. The summed E-state index contributed by atoms with van der Waals surface area (Å²) in [4.78, 5) is 23.7. The van der Waals surface area contributed by atoms with Gasteiger partial charge >= 0.3 is 18.4 Å². The van der Waals surface area contributed by atoms with Crippen molar-refractivity contribution in [3.05, 3.63) is 29.8 Å². The maximum absolute atomic E-state index is 12.5. The molecule has 0 spiro atoms. The van der Waals surface area contributed by atoms with E-state index in [1.165, 1.54) is 18.2 Å². The SMILES string of the molecule is COC(=O)C(Cc1ccccc1OC(F)(F)F)NC(=O)OC(C)(C)C. The monoisotopic (exact) mass is 363 g/mol. The summed E-state index contributed by atoms with van der Waals surface area (Å²) >= 11 is 0. The number of hydrogen-bond donors (Lipinski definition) is 1. The third kappa shape index (κ3) is 7.77. The molecule has 1 unspecified atom stereocenters. The third-order valence-corrected chi connectivity index (χ3v) is 2.80. The minimum Gasteiger partial charge on any atom is -0.467 e. The van der Waals surface area contributed by atoms with E-state index in [0.29, 0.717) is 0 Å². The van der Waals surface area contributed by atoms with E-state index in [2.05, 4.69) is 14.8 Å². The summed E-state index contributed by atoms with van der Waals surface area (Å²) < 4.78 is 51.0. The molecule has 0 aliphatic heterocycles. The van der Waals surface area contributed by atoms with E-state index in [4.69, 9.17) is 4.74 Å². The molecule has 6 nitrogen and oxygen atoms in total. The number of halogens is 3. The van der Waals surface area contributed by atoms with E-state index in [-0.39, 0.29) is 12.0 Å². The molecule has 0 saturated heterocycles. The standard InChI is InChI=1S/C16H20F3NO5/c1-15(2,3)25-14(22)20-11(13(21)23-4)9-10-7-5-6-8-12(10)24-16(17,18)19/h5-8,11H,9H2,1-4H3,(H,20,22). The molecule has 1 N–H and O–H groups in total. The number of ether oxygens (including phenoxy) is 3. The van der Waals surface area contributed by atoms with Gasteiger partial charge in [0.25, 0.3) is 0 Å². The zero-order valence-corrected chi connectivity index (χ0v) is 14.3. The molecule has 0 aromatic heterocycles. The van der Waals surface area contributed by atoms with Gasteiger partial charge in [-0.3, -0.25) is 0 Å². The Kier molecular flexibility index (Phi) is 6.66. The number of carbonyl (C=O) groups is 2. The molecule has 9 heteroatoms. The highest BCUT2D eigenvalue weighted by Crippen LogP contribution is 2.27. The molecule has 0 heterocycles. The van der Waals surface area contributed by atoms with Gasteiger partial charge in [0.2, 0.25) is 0 Å². The molecular weight excluding hydrogens is 343 g/mol. The van der Waals surface area contributed by atoms with Gasteiger partial charge in [0.15, 0.2) is 0 Å². The lowest BCUT2D eigenvalue weighted by Gasteiger charge is -2.23. The molecule has 1 atom stereocenters. The van der Waals surface area contributed by atoms with Crippen molar-refractivity contribution >= 4 is 12.1 Å². The highest BCUT2D eigenvalue weighted by atomic mass is 19.4. The molecule has 1 aromatic carbocycles. The van der Waals surface area contributed by atoms with Crippen LogP contribution in [-0.2, 0) is 20.7 Å². The number of alkyl halides is 3. The van der Waals surface area contributed by atoms with Crippen LogP contribution in [0.15, 0.2) is 24.3 Å². The van der Waals surface area contributed by atoms with Crippen LogP contribution in [0.1, 0.15) is 26.3 Å². The van der Waals surface area contributed by atoms with Crippen LogP contribution in [0.4, 0.5) is 18.0 Å². The van der Waals surface area contributed by atoms with Gasteiger partial charge in [0.05, 0.1) is 7.11 Å². The lowest BCUT2D eigenvalue weighted by Crippen LogP contribution is -2.45. The molecule has 0 aliphatic rings. The molecule has 0 radical (unpaired) electrons. The van der Waals surface area contributed by atoms with E-state index < -0.39 is 35.8 Å². The van der Waals surface area contributed by atoms with E-state index >= 15 is 0 Å². The van der Waals surface area contributed by atoms with Crippen LogP contribution >= 0.6 is 0 Å². The number of nitrogens with one attached hydrogen (secondary N) is 1. The zero-order valence-electron chi connectivity index (χ0n) is 14.3. The maximum atomic E-state index is 12.5. The smallest absolute Gasteiger partial charge is 0.467 e. The summed E-state index contributed by atoms with van der Waals surface area (Å²) in [6.45, 7) is 4.89. The van der Waals surface area contributed by atoms with Crippen molar-refractivity contribution in [2.75, 3.05) is 7.11 Å². The number of hydrogen-bond acceptors (Lipinski definition) is 5. The van der Waals surface area contributed by atoms with E-state index in [1.807, 2.05) is 0 Å². The Labute approximate surface area is 143 Å². The Morgan fingerprint density at radius 3 is 2.28 bits per heavy atom. The molecular formula is C16H20F3NO5. The van der Waals surface area contributed by atoms with Crippen molar-refractivity contribution < 1.29 is 37.0 Å². The summed E-state index contributed by atoms with van der Waals surface area (Å²) in [6.07, 6.45) is -6.04. The van der Waals surface area contributed by atoms with Gasteiger partial charge < -0.3 is 19.5 Å². The van der Waals surface area contributed by atoms with Crippen molar-refractivity contribution in [3.8, 4) is 5.75 Å². The van der Waals surface area contributed by atoms with Crippen LogP contribution < -0.4 is 10.1 Å². The first-order chi connectivity index (χ1) is 11.4. The van der Waals surface area contributed by atoms with Crippen molar-refractivity contribution in [2.24, 2.45) is 0 Å². The van der Waals surface area contributed by atoms with Gasteiger partial charge in [-0.15, -0.1) is 13.2 Å². The number of benzene rings is 1. The van der Waals surface area contributed by atoms with Gasteiger partial charge in [-0.05, 0) is 32.4 Å². The molecule has 1 rings (SSSR count). The Hall–Kier alpha value is -2.45. The van der Waals surface area contributed by atoms with E-state index in [9.17, 15) is 22.8 Å². The van der Waals surface area contributed by atoms with Crippen molar-refractivity contribution in [3.63, 3.8) is 0 Å². The molecule has 1 aromatic rings. The number of methoxy groups -OCH3 is 1. The number of alkyl carbamates (subject to hydrolysis) is 1. The van der Waals surface area contributed by atoms with Crippen molar-refractivity contribution in [2.45, 2.75) is 45.2 Å². The quantitative estimate of drug-likeness (QED) is 0.814. The summed E-state index contributed by atoms with van der Waals surface area (Å²) in [5.41, 5.74) is -0.728. The molecule has 140 valence electrons. The Morgan fingerprint density at radius 2 is 1.76 bits per heavy atom. The van der Waals surface area contributed by atoms with Gasteiger partial charge in [0, 0.05) is 6.42 Å². The molecule has 25 heavy (non-hydrogen) atoms. The topological polar surface area (TPSA) is 73.9 Å². The minimum atomic E-state index is -4.88. The fourth-order valence-corrected chi connectivity index (χ4v) is 1.90. The first kappa shape index (κ1) is 20.6. The largest absolute Gasteiger partial charge is 0.573 e. The van der Waals surface area contributed by atoms with Gasteiger partial charge in [0.1, 0.15) is 17.4 Å². The predicted octanol–water partition coefficient (Wildman–Crippen LogP) is 3.19. The second kappa shape index (κ2) is 8.09. The Bertz CT molecular complexity index is 611. The second-order valence-electron chi connectivity index (χ2n) is 6.08. The van der Waals surface area contributed by atoms with Gasteiger partial charge in [-0.2, -0.15) is 0 Å². The van der Waals surface area contributed by atoms with Crippen molar-refractivity contribution in [1.29, 1.82) is 0 Å². The van der Waals surface area contributed by atoms with E-state index in [1.54, 1.807) is 20.8 Å². The van der Waals surface area contributed by atoms with Gasteiger partial charge in [-0.1, -0.05) is 18.2 Å². The van der Waals surface area contributed by atoms with Crippen molar-refractivity contribution in [1.82, 2.24) is 5.32 Å². The number of esters is 1. The molecule has 1 amide bonds. The predicted molar refractivity (Wildman–Crippen MR) is 82.0 cm³/mol. The number of rotatable bonds is 5. The number of amides is 1. The first-order valence-corrected chi connectivity index (χ1v) is 7.32. The van der Waals surface area contributed by atoms with Crippen LogP contribution in [0.2, 0.25) is 0 Å². The van der Waals surface area contributed by atoms with Crippen LogP contribution in [0.5, 0.6) is 5.75 Å². The van der Waals surface area contributed by atoms with Crippen LogP contribution in [0, 0.1) is 0 Å². The normalized spacial score (nSPS) is 12.9. The summed E-state index contributed by atoms with van der Waals surface area (Å²) in [7, 11) is 1.10. The average molecular weight is 363 g/mol. The van der Waals surface area contributed by atoms with Crippen LogP contribution in [0.3, 0.4) is 0 Å². The van der Waals surface area contributed by atoms with Gasteiger partial charge in [-0.25, -0.2) is 9.59 Å². The third-order valence-electron chi connectivity index (χ3n) is 2.80. The summed E-state index contributed by atoms with van der Waals surface area (Å²) in [5.74, 6) is -1.29. The maximum Gasteiger partial charge on any atom is 0.573 e. The lowest BCUT2D eigenvalue weighted by atomic mass is 10.0. The molecule has 0 bridgehead atoms. The fourth-order valence-electron chi connectivity index (χ4n) is 1.90. The second-order valence-corrected chi connectivity index (χ2v) is 6.08. The molecule has 0 fully saturated rings. The zero-order chi connectivity index (χ0) is 19.3. The lowest BCUT2D eigenvalue weighted by molar-refractivity contribution is -0.274. The Morgan fingerprint density at radius 1 is 1.16 bits per heavy atom. The highest BCUT2D eigenvalue weighted by Gasteiger charge is 2.33. The minimum absolute atomic E-state index is 0.0753. The van der Waals surface area contributed by atoms with Crippen LogP contribution in [-0.4, -0.2) is 37.2 Å². The van der Waals surface area contributed by atoms with Crippen LogP contribution in [0.25, 0.3) is 0 Å². The Balaban J connectivity index is 2.96. The highest BCUT2D eigenvalue weighted by molar-refractivity contribution is 5.81. The fraction of sp³-hybridized carbons (Fsp3) is 0.500. The summed E-state index contributed by atoms with van der Waals surface area (Å²) in [6, 6.07) is 4.08. The number of carbonyl (C=O) groups excluding carboxylic acids is 2. The average Bonchev–Trinajstić information content (AvgIpc) is 2.44. The number of para-hydroxylation sites is 1. The summed E-state index contributed by atoms with van der Waals surface area (Å²) in [5, 5.41) is 2.29. The molecule has 0 saturated carbocycles. The molecule has 0 aliphatic carbocycles. The van der Waals surface area contributed by atoms with E-state index in [0.717, 1.165) is 13.2 Å².